The number of carboxylic acid groups (broad SMARTS) is 1. The van der Waals surface area contributed by atoms with Crippen molar-refractivity contribution in [3.8, 4) is 22.5 Å². The zero-order chi connectivity index (χ0) is 14.7. The molecule has 0 radical (unpaired) electrons. The van der Waals surface area contributed by atoms with Gasteiger partial charge >= 0.3 is 5.97 Å². The lowest BCUT2D eigenvalue weighted by molar-refractivity contribution is 0.0697. The number of aromatic nitrogens is 3. The molecule has 3 rings (SSSR count). The van der Waals surface area contributed by atoms with Crippen LogP contribution in [-0.2, 0) is 0 Å². The maximum Gasteiger partial charge on any atom is 0.337 e. The van der Waals surface area contributed by atoms with Crippen molar-refractivity contribution in [2.24, 2.45) is 0 Å². The molecule has 0 unspecified atom stereocenters. The molecule has 1 N–H and O–H groups in total. The minimum Gasteiger partial charge on any atom is -0.478 e. The molecule has 3 heterocycles. The second-order valence-corrected chi connectivity index (χ2v) is 4.37. The predicted octanol–water partition coefficient (Wildman–Crippen LogP) is 2.90. The van der Waals surface area contributed by atoms with Crippen molar-refractivity contribution in [2.45, 2.75) is 0 Å². The van der Waals surface area contributed by atoms with Crippen molar-refractivity contribution in [3.05, 3.63) is 66.7 Å². The van der Waals surface area contributed by atoms with Gasteiger partial charge in [0.05, 0.1) is 17.0 Å². The zero-order valence-electron chi connectivity index (χ0n) is 11.0. The average molecular weight is 277 g/mol. The molecule has 102 valence electrons. The molecule has 0 bridgehead atoms. The van der Waals surface area contributed by atoms with Gasteiger partial charge in [-0.2, -0.15) is 0 Å². The van der Waals surface area contributed by atoms with Crippen LogP contribution in [0.2, 0.25) is 0 Å². The van der Waals surface area contributed by atoms with E-state index < -0.39 is 5.97 Å². The summed E-state index contributed by atoms with van der Waals surface area (Å²) in [5.41, 5.74) is 2.91. The van der Waals surface area contributed by atoms with Crippen LogP contribution in [0, 0.1) is 0 Å². The summed E-state index contributed by atoms with van der Waals surface area (Å²) >= 11 is 0. The maximum atomic E-state index is 11.4. The lowest BCUT2D eigenvalue weighted by Crippen LogP contribution is -2.02. The number of pyridine rings is 3. The highest BCUT2D eigenvalue weighted by atomic mass is 16.4. The third-order valence-electron chi connectivity index (χ3n) is 3.06. The Kier molecular flexibility index (Phi) is 3.39. The normalized spacial score (nSPS) is 10.3. The van der Waals surface area contributed by atoms with Gasteiger partial charge in [-0.25, -0.2) is 9.78 Å². The van der Waals surface area contributed by atoms with Crippen molar-refractivity contribution < 1.29 is 9.90 Å². The standard InChI is InChI=1S/C16H11N3O2/c20-16(21)13-1-2-14(11-3-7-17-8-4-11)19-15(13)12-5-9-18-10-6-12/h1-10H,(H,20,21). The molecule has 0 atom stereocenters. The Morgan fingerprint density at radius 3 is 1.95 bits per heavy atom. The summed E-state index contributed by atoms with van der Waals surface area (Å²) in [5.74, 6) is -1.00. The third-order valence-corrected chi connectivity index (χ3v) is 3.06. The van der Waals surface area contributed by atoms with Crippen LogP contribution in [-0.4, -0.2) is 26.0 Å². The molecule has 0 aliphatic carbocycles. The molecule has 0 saturated carbocycles. The van der Waals surface area contributed by atoms with E-state index in [1.807, 2.05) is 12.1 Å². The van der Waals surface area contributed by atoms with Gasteiger partial charge in [0.25, 0.3) is 0 Å². The molecule has 0 amide bonds. The van der Waals surface area contributed by atoms with E-state index in [4.69, 9.17) is 0 Å². The fourth-order valence-electron chi connectivity index (χ4n) is 2.05. The molecule has 3 aromatic rings. The molecular formula is C16H11N3O2. The summed E-state index contributed by atoms with van der Waals surface area (Å²) in [6, 6.07) is 10.4. The summed E-state index contributed by atoms with van der Waals surface area (Å²) in [4.78, 5) is 23.8. The Bertz CT molecular complexity index is 774. The highest BCUT2D eigenvalue weighted by molar-refractivity contribution is 5.95. The summed E-state index contributed by atoms with van der Waals surface area (Å²) < 4.78 is 0. The Balaban J connectivity index is 2.18. The van der Waals surface area contributed by atoms with Gasteiger partial charge in [0.2, 0.25) is 0 Å². The first kappa shape index (κ1) is 12.9. The second kappa shape index (κ2) is 5.50. The van der Waals surface area contributed by atoms with Crippen molar-refractivity contribution in [2.75, 3.05) is 0 Å². The van der Waals surface area contributed by atoms with Crippen LogP contribution in [0.3, 0.4) is 0 Å². The van der Waals surface area contributed by atoms with E-state index in [1.54, 1.807) is 49.1 Å². The summed E-state index contributed by atoms with van der Waals surface area (Å²) in [6.45, 7) is 0. The van der Waals surface area contributed by atoms with Crippen LogP contribution in [0.1, 0.15) is 10.4 Å². The van der Waals surface area contributed by atoms with Gasteiger partial charge in [-0.05, 0) is 36.4 Å². The molecule has 5 nitrogen and oxygen atoms in total. The van der Waals surface area contributed by atoms with Crippen LogP contribution in [0.25, 0.3) is 22.5 Å². The van der Waals surface area contributed by atoms with E-state index >= 15 is 0 Å². The minimum atomic E-state index is -1.00. The van der Waals surface area contributed by atoms with Crippen LogP contribution in [0.4, 0.5) is 0 Å². The fraction of sp³-hybridized carbons (Fsp3) is 0. The Labute approximate surface area is 121 Å². The number of rotatable bonds is 3. The largest absolute Gasteiger partial charge is 0.478 e. The zero-order valence-corrected chi connectivity index (χ0v) is 11.0. The molecule has 21 heavy (non-hydrogen) atoms. The summed E-state index contributed by atoms with van der Waals surface area (Å²) in [6.07, 6.45) is 6.58. The monoisotopic (exact) mass is 277 g/mol. The predicted molar refractivity (Wildman–Crippen MR) is 77.7 cm³/mol. The van der Waals surface area contributed by atoms with E-state index in [9.17, 15) is 9.90 Å². The van der Waals surface area contributed by atoms with Crippen molar-refractivity contribution in [1.29, 1.82) is 0 Å². The third kappa shape index (κ3) is 2.62. The van der Waals surface area contributed by atoms with Gasteiger partial charge < -0.3 is 5.11 Å². The van der Waals surface area contributed by atoms with Gasteiger partial charge in [0.1, 0.15) is 0 Å². The van der Waals surface area contributed by atoms with Gasteiger partial charge in [-0.15, -0.1) is 0 Å². The molecular weight excluding hydrogens is 266 g/mol. The van der Waals surface area contributed by atoms with Crippen LogP contribution < -0.4 is 0 Å². The van der Waals surface area contributed by atoms with E-state index in [1.165, 1.54) is 0 Å². The number of nitrogens with zero attached hydrogens (tertiary/aromatic N) is 3. The lowest BCUT2D eigenvalue weighted by Gasteiger charge is -2.08. The summed E-state index contributed by atoms with van der Waals surface area (Å²) in [5, 5.41) is 9.32. The van der Waals surface area contributed by atoms with E-state index in [2.05, 4.69) is 15.0 Å². The first-order valence-electron chi connectivity index (χ1n) is 6.31. The first-order valence-corrected chi connectivity index (χ1v) is 6.31. The van der Waals surface area contributed by atoms with Crippen LogP contribution >= 0.6 is 0 Å². The SMILES string of the molecule is O=C(O)c1ccc(-c2ccncc2)nc1-c1ccncc1. The Morgan fingerprint density at radius 1 is 0.810 bits per heavy atom. The Morgan fingerprint density at radius 2 is 1.38 bits per heavy atom. The van der Waals surface area contributed by atoms with Gasteiger partial charge in [-0.3, -0.25) is 9.97 Å². The summed E-state index contributed by atoms with van der Waals surface area (Å²) in [7, 11) is 0. The Hall–Kier alpha value is -3.08. The second-order valence-electron chi connectivity index (χ2n) is 4.37. The van der Waals surface area contributed by atoms with Crippen molar-refractivity contribution in [1.82, 2.24) is 15.0 Å². The molecule has 5 heteroatoms. The smallest absolute Gasteiger partial charge is 0.337 e. The van der Waals surface area contributed by atoms with E-state index in [-0.39, 0.29) is 5.56 Å². The highest BCUT2D eigenvalue weighted by Gasteiger charge is 2.14. The fourth-order valence-corrected chi connectivity index (χ4v) is 2.05. The van der Waals surface area contributed by atoms with Gasteiger partial charge in [0.15, 0.2) is 0 Å². The number of hydrogen-bond donors (Lipinski definition) is 1. The number of hydrogen-bond acceptors (Lipinski definition) is 4. The first-order chi connectivity index (χ1) is 10.3. The molecule has 0 aliphatic rings. The van der Waals surface area contributed by atoms with E-state index in [0.717, 1.165) is 11.1 Å². The van der Waals surface area contributed by atoms with Crippen LogP contribution in [0.15, 0.2) is 61.2 Å². The molecule has 0 fully saturated rings. The maximum absolute atomic E-state index is 11.4. The number of aromatic carboxylic acids is 1. The highest BCUT2D eigenvalue weighted by Crippen LogP contribution is 2.25. The molecule has 0 spiro atoms. The topological polar surface area (TPSA) is 76.0 Å². The molecule has 0 aromatic carbocycles. The van der Waals surface area contributed by atoms with E-state index in [0.29, 0.717) is 11.4 Å². The average Bonchev–Trinajstić information content (AvgIpc) is 2.56. The molecule has 0 aliphatic heterocycles. The van der Waals surface area contributed by atoms with Gasteiger partial charge in [0, 0.05) is 35.9 Å². The minimum absolute atomic E-state index is 0.166. The number of carbonyl (C=O) groups is 1. The van der Waals surface area contributed by atoms with Gasteiger partial charge in [-0.1, -0.05) is 0 Å². The molecule has 0 saturated heterocycles. The lowest BCUT2D eigenvalue weighted by atomic mass is 10.0. The van der Waals surface area contributed by atoms with Crippen molar-refractivity contribution >= 4 is 5.97 Å². The number of carboxylic acids is 1. The van der Waals surface area contributed by atoms with Crippen molar-refractivity contribution in [3.63, 3.8) is 0 Å². The quantitative estimate of drug-likeness (QED) is 0.796. The van der Waals surface area contributed by atoms with Crippen LogP contribution in [0.5, 0.6) is 0 Å². The molecule has 3 aromatic heterocycles.